The number of hydrogen-bond donors (Lipinski definition) is 0. The van der Waals surface area contributed by atoms with Crippen LogP contribution in [0.1, 0.15) is 54.8 Å². The van der Waals surface area contributed by atoms with Crippen LogP contribution in [0, 0.1) is 11.8 Å². The zero-order valence-electron chi connectivity index (χ0n) is 18.0. The highest BCUT2D eigenvalue weighted by molar-refractivity contribution is 6.38. The Morgan fingerprint density at radius 3 is 2.58 bits per heavy atom. The molecule has 2 aromatic rings. The highest BCUT2D eigenvalue weighted by Gasteiger charge is 2.52. The van der Waals surface area contributed by atoms with Gasteiger partial charge in [-0.2, -0.15) is 0 Å². The summed E-state index contributed by atoms with van der Waals surface area (Å²) in [7, 11) is 0. The molecule has 172 valence electrons. The molecule has 1 aromatic carbocycles. The fourth-order valence-electron chi connectivity index (χ4n) is 5.70. The number of allylic oxidation sites excluding steroid dienone is 4. The van der Waals surface area contributed by atoms with Gasteiger partial charge in [-0.05, 0) is 61.4 Å². The van der Waals surface area contributed by atoms with Gasteiger partial charge in [-0.1, -0.05) is 59.1 Å². The first-order valence-electron chi connectivity index (χ1n) is 11.2. The van der Waals surface area contributed by atoms with E-state index >= 15 is 0 Å². The van der Waals surface area contributed by atoms with Crippen LogP contribution < -0.4 is 0 Å². The molecule has 1 aliphatic heterocycles. The lowest BCUT2D eigenvalue weighted by Crippen LogP contribution is -2.35. The second-order valence-corrected chi connectivity index (χ2v) is 10.9. The molecule has 1 aromatic heterocycles. The van der Waals surface area contributed by atoms with E-state index in [-0.39, 0.29) is 41.1 Å². The molecular formula is C26H23Cl4NO2. The van der Waals surface area contributed by atoms with E-state index in [1.54, 1.807) is 6.07 Å². The Bertz CT molecular complexity index is 1140. The van der Waals surface area contributed by atoms with Crippen molar-refractivity contribution in [3.63, 3.8) is 0 Å². The maximum Gasteiger partial charge on any atom is 0.309 e. The number of carbonyl (C=O) groups is 1. The number of hydrogen-bond acceptors (Lipinski definition) is 3. The van der Waals surface area contributed by atoms with Crippen molar-refractivity contribution in [1.82, 2.24) is 4.98 Å². The summed E-state index contributed by atoms with van der Waals surface area (Å²) < 4.78 is 5.67. The highest BCUT2D eigenvalue weighted by Crippen LogP contribution is 2.55. The zero-order valence-corrected chi connectivity index (χ0v) is 21.0. The molecule has 0 bridgehead atoms. The number of nitrogens with zero attached hydrogens (tertiary/aromatic N) is 1. The summed E-state index contributed by atoms with van der Waals surface area (Å²) in [6, 6.07) is 9.72. The lowest BCUT2D eigenvalue weighted by atomic mass is 9.63. The number of carbonyl (C=O) groups excluding carboxylic acids is 1. The maximum absolute atomic E-state index is 12.6. The molecule has 1 saturated heterocycles. The van der Waals surface area contributed by atoms with Gasteiger partial charge in [0.25, 0.3) is 0 Å². The molecule has 1 saturated carbocycles. The van der Waals surface area contributed by atoms with Crippen LogP contribution in [-0.4, -0.2) is 22.4 Å². The average molecular weight is 523 g/mol. The van der Waals surface area contributed by atoms with Crippen molar-refractivity contribution in [3.05, 3.63) is 80.6 Å². The average Bonchev–Trinajstić information content (AvgIpc) is 3.09. The summed E-state index contributed by atoms with van der Waals surface area (Å²) in [6.07, 6.45) is 7.89. The van der Waals surface area contributed by atoms with Gasteiger partial charge in [0, 0.05) is 44.4 Å². The van der Waals surface area contributed by atoms with Crippen molar-refractivity contribution in [2.45, 2.75) is 49.5 Å². The Kier molecular flexibility index (Phi) is 6.52. The predicted octanol–water partition coefficient (Wildman–Crippen LogP) is 7.74. The smallest absolute Gasteiger partial charge is 0.309 e. The third-order valence-electron chi connectivity index (χ3n) is 7.18. The highest BCUT2D eigenvalue weighted by atomic mass is 35.5. The molecule has 0 radical (unpaired) electrons. The molecule has 0 amide bonds. The Morgan fingerprint density at radius 1 is 1.06 bits per heavy atom. The van der Waals surface area contributed by atoms with Crippen LogP contribution in [-0.2, 0) is 9.53 Å². The number of benzene rings is 1. The molecule has 6 atom stereocenters. The third kappa shape index (κ3) is 4.34. The number of halogens is 4. The second kappa shape index (κ2) is 9.26. The standard InChI is InChI=1S/C26H23Cl4NO2/c1-13-24-19(26(32)33-13)7-6-18(17-5-3-16(28)11-22(17)30)25(24)23-9-2-14(12-31-23)20-10-15(27)4-8-21(20)29/h2-3,5,8-13,15,18-19,24-25H,4,6-7H2,1H3/t13?,15?,18-,19+,24+,25+/m0/s1. The molecule has 2 unspecified atom stereocenters. The van der Waals surface area contributed by atoms with Gasteiger partial charge in [-0.3, -0.25) is 9.78 Å². The van der Waals surface area contributed by atoms with Crippen LogP contribution in [0.15, 0.2) is 53.7 Å². The zero-order chi connectivity index (χ0) is 23.3. The van der Waals surface area contributed by atoms with E-state index in [1.807, 2.05) is 49.5 Å². The normalized spacial score (nSPS) is 31.5. The van der Waals surface area contributed by atoms with Crippen molar-refractivity contribution in [2.75, 3.05) is 0 Å². The largest absolute Gasteiger partial charge is 0.462 e. The van der Waals surface area contributed by atoms with Gasteiger partial charge in [0.2, 0.25) is 0 Å². The molecule has 7 heteroatoms. The van der Waals surface area contributed by atoms with E-state index in [0.717, 1.165) is 41.7 Å². The van der Waals surface area contributed by atoms with Gasteiger partial charge in [-0.25, -0.2) is 0 Å². The van der Waals surface area contributed by atoms with E-state index in [4.69, 9.17) is 56.1 Å². The number of alkyl halides is 1. The van der Waals surface area contributed by atoms with Crippen molar-refractivity contribution in [2.24, 2.45) is 11.8 Å². The lowest BCUT2D eigenvalue weighted by molar-refractivity contribution is -0.143. The summed E-state index contributed by atoms with van der Waals surface area (Å²) in [5.41, 5.74) is 3.78. The second-order valence-electron chi connectivity index (χ2n) is 9.06. The molecule has 0 spiro atoms. The molecule has 33 heavy (non-hydrogen) atoms. The first-order chi connectivity index (χ1) is 15.8. The molecule has 2 fully saturated rings. The first kappa shape index (κ1) is 23.2. The Labute approximate surface area is 213 Å². The van der Waals surface area contributed by atoms with E-state index in [1.165, 1.54) is 0 Å². The SMILES string of the molecule is CC1OC(=O)[C@@H]2CC[C@@H](c3ccc(Cl)cc3Cl)[C@H](c3ccc(C4=CC(Cl)CC=C4Cl)cn3)[C@H]12. The number of ether oxygens (including phenoxy) is 1. The van der Waals surface area contributed by atoms with Crippen LogP contribution in [0.25, 0.3) is 5.57 Å². The fraction of sp³-hybridized carbons (Fsp3) is 0.385. The molecule has 0 N–H and O–H groups in total. The van der Waals surface area contributed by atoms with E-state index in [2.05, 4.69) is 0 Å². The molecule has 2 heterocycles. The number of cyclic esters (lactones) is 1. The minimum Gasteiger partial charge on any atom is -0.462 e. The van der Waals surface area contributed by atoms with Gasteiger partial charge in [0.1, 0.15) is 6.10 Å². The van der Waals surface area contributed by atoms with Crippen LogP contribution in [0.2, 0.25) is 10.0 Å². The van der Waals surface area contributed by atoms with Gasteiger partial charge in [0.15, 0.2) is 0 Å². The summed E-state index contributed by atoms with van der Waals surface area (Å²) >= 11 is 25.6. The van der Waals surface area contributed by atoms with Gasteiger partial charge in [0.05, 0.1) is 11.3 Å². The van der Waals surface area contributed by atoms with Crippen molar-refractivity contribution >= 4 is 57.9 Å². The van der Waals surface area contributed by atoms with Crippen LogP contribution in [0.5, 0.6) is 0 Å². The van der Waals surface area contributed by atoms with Gasteiger partial charge < -0.3 is 4.74 Å². The minimum atomic E-state index is -0.182. The number of rotatable bonds is 3. The monoisotopic (exact) mass is 521 g/mol. The maximum atomic E-state index is 12.6. The Balaban J connectivity index is 1.55. The number of fused-ring (bicyclic) bond motifs is 1. The summed E-state index contributed by atoms with van der Waals surface area (Å²) in [5, 5.41) is 1.85. The van der Waals surface area contributed by atoms with Gasteiger partial charge in [-0.15, -0.1) is 11.6 Å². The molecule has 3 nitrogen and oxygen atoms in total. The molecular weight excluding hydrogens is 500 g/mol. The topological polar surface area (TPSA) is 39.2 Å². The molecule has 5 rings (SSSR count). The Morgan fingerprint density at radius 2 is 1.85 bits per heavy atom. The number of esters is 1. The van der Waals surface area contributed by atoms with E-state index < -0.39 is 0 Å². The van der Waals surface area contributed by atoms with Crippen LogP contribution in [0.4, 0.5) is 0 Å². The van der Waals surface area contributed by atoms with E-state index in [0.29, 0.717) is 15.1 Å². The summed E-state index contributed by atoms with van der Waals surface area (Å²) in [6.45, 7) is 1.98. The molecule has 2 aliphatic carbocycles. The quantitative estimate of drug-likeness (QED) is 0.305. The van der Waals surface area contributed by atoms with Crippen LogP contribution in [0.3, 0.4) is 0 Å². The minimum absolute atomic E-state index is 0.00921. The number of aromatic nitrogens is 1. The number of pyridine rings is 1. The van der Waals surface area contributed by atoms with E-state index in [9.17, 15) is 4.79 Å². The fourth-order valence-corrected chi connectivity index (χ4v) is 6.72. The van der Waals surface area contributed by atoms with Crippen molar-refractivity contribution in [1.29, 1.82) is 0 Å². The summed E-state index contributed by atoms with van der Waals surface area (Å²) in [4.78, 5) is 17.4. The molecule has 3 aliphatic rings. The summed E-state index contributed by atoms with van der Waals surface area (Å²) in [5.74, 6) is -0.0941. The first-order valence-corrected chi connectivity index (χ1v) is 12.7. The Hall–Kier alpha value is -1.52. The lowest BCUT2D eigenvalue weighted by Gasteiger charge is -2.39. The van der Waals surface area contributed by atoms with Gasteiger partial charge >= 0.3 is 5.97 Å². The van der Waals surface area contributed by atoms with Crippen molar-refractivity contribution in [3.8, 4) is 0 Å². The van der Waals surface area contributed by atoms with Crippen LogP contribution >= 0.6 is 46.4 Å². The third-order valence-corrected chi connectivity index (χ3v) is 8.40. The van der Waals surface area contributed by atoms with Crippen molar-refractivity contribution < 1.29 is 9.53 Å². The predicted molar refractivity (Wildman–Crippen MR) is 134 cm³/mol.